The highest BCUT2D eigenvalue weighted by molar-refractivity contribution is 7.98. The van der Waals surface area contributed by atoms with E-state index in [-0.39, 0.29) is 5.76 Å². The number of nitrogens with one attached hydrogen (secondary N) is 1. The summed E-state index contributed by atoms with van der Waals surface area (Å²) in [5.41, 5.74) is 8.93. The van der Waals surface area contributed by atoms with Gasteiger partial charge in [-0.1, -0.05) is 11.8 Å². The maximum Gasteiger partial charge on any atom is 0.374 e. The monoisotopic (exact) mass is 303 g/mol. The molecule has 3 aromatic rings. The molecular formula is C14H13N3O3S. The second kappa shape index (κ2) is 5.53. The number of nitrogens with two attached hydrogens (primary N) is 1. The summed E-state index contributed by atoms with van der Waals surface area (Å²) in [6.45, 7) is 0. The molecule has 3 rings (SSSR count). The van der Waals surface area contributed by atoms with Gasteiger partial charge in [0.15, 0.2) is 5.16 Å². The first-order chi connectivity index (χ1) is 10.2. The minimum atomic E-state index is -0.479. The lowest BCUT2D eigenvalue weighted by Gasteiger charge is -1.99. The molecule has 0 aliphatic carbocycles. The van der Waals surface area contributed by atoms with Crippen molar-refractivity contribution in [3.8, 4) is 0 Å². The number of H-pyrrole nitrogens is 1. The van der Waals surface area contributed by atoms with Crippen LogP contribution in [0.15, 0.2) is 40.1 Å². The Hall–Kier alpha value is -2.41. The van der Waals surface area contributed by atoms with E-state index in [0.29, 0.717) is 11.4 Å². The fourth-order valence-electron chi connectivity index (χ4n) is 1.94. The molecule has 2 heterocycles. The van der Waals surface area contributed by atoms with E-state index >= 15 is 0 Å². The van der Waals surface area contributed by atoms with Crippen molar-refractivity contribution in [3.63, 3.8) is 0 Å². The molecule has 0 spiro atoms. The summed E-state index contributed by atoms with van der Waals surface area (Å²) < 4.78 is 9.81. The Kier molecular flexibility index (Phi) is 3.57. The first kappa shape index (κ1) is 13.6. The fraction of sp³-hybridized carbons (Fsp3) is 0.143. The van der Waals surface area contributed by atoms with Gasteiger partial charge in [-0.25, -0.2) is 9.78 Å². The van der Waals surface area contributed by atoms with Gasteiger partial charge < -0.3 is 19.9 Å². The number of carbonyl (C=O) groups is 1. The summed E-state index contributed by atoms with van der Waals surface area (Å²) in [5, 5.41) is 0.757. The summed E-state index contributed by atoms with van der Waals surface area (Å²) in [7, 11) is 1.32. The van der Waals surface area contributed by atoms with Crippen LogP contribution >= 0.6 is 11.8 Å². The van der Waals surface area contributed by atoms with Gasteiger partial charge in [-0.2, -0.15) is 0 Å². The number of anilines is 1. The lowest BCUT2D eigenvalue weighted by Crippen LogP contribution is -2.02. The minimum Gasteiger partial charge on any atom is -0.463 e. The number of nitrogen functional groups attached to an aromatic ring is 1. The molecule has 0 atom stereocenters. The Morgan fingerprint density at radius 1 is 1.48 bits per heavy atom. The summed E-state index contributed by atoms with van der Waals surface area (Å²) in [6.07, 6.45) is 1.47. The lowest BCUT2D eigenvalue weighted by atomic mass is 10.3. The van der Waals surface area contributed by atoms with Crippen molar-refractivity contribution in [3.05, 3.63) is 41.9 Å². The van der Waals surface area contributed by atoms with Gasteiger partial charge in [-0.3, -0.25) is 0 Å². The van der Waals surface area contributed by atoms with Gasteiger partial charge in [0.2, 0.25) is 5.76 Å². The number of aromatic amines is 1. The van der Waals surface area contributed by atoms with E-state index in [1.165, 1.54) is 25.1 Å². The van der Waals surface area contributed by atoms with Crippen molar-refractivity contribution >= 4 is 34.5 Å². The number of aromatic nitrogens is 2. The quantitative estimate of drug-likeness (QED) is 0.437. The van der Waals surface area contributed by atoms with Crippen molar-refractivity contribution in [2.75, 3.05) is 12.8 Å². The predicted octanol–water partition coefficient (Wildman–Crippen LogP) is 2.82. The van der Waals surface area contributed by atoms with Gasteiger partial charge in [0.1, 0.15) is 0 Å². The molecule has 1 aromatic carbocycles. The van der Waals surface area contributed by atoms with Gasteiger partial charge >= 0.3 is 5.97 Å². The molecule has 0 saturated carbocycles. The van der Waals surface area contributed by atoms with Gasteiger partial charge in [0.25, 0.3) is 0 Å². The van der Waals surface area contributed by atoms with E-state index in [9.17, 15) is 4.79 Å². The topological polar surface area (TPSA) is 94.1 Å². The standard InChI is InChI=1S/C14H13N3O3S/c1-19-13(18)12-8(4-5-20-12)7-21-14-16-10-3-2-9(15)6-11(10)17-14/h2-6H,7,15H2,1H3,(H,16,17). The Morgan fingerprint density at radius 3 is 3.14 bits per heavy atom. The van der Waals surface area contributed by atoms with Crippen LogP contribution in [0.2, 0.25) is 0 Å². The maximum absolute atomic E-state index is 11.5. The van der Waals surface area contributed by atoms with Crippen molar-refractivity contribution in [1.82, 2.24) is 9.97 Å². The van der Waals surface area contributed by atoms with Crippen molar-refractivity contribution in [1.29, 1.82) is 0 Å². The van der Waals surface area contributed by atoms with Gasteiger partial charge in [-0.15, -0.1) is 0 Å². The number of esters is 1. The number of rotatable bonds is 4. The number of carbonyl (C=O) groups excluding carboxylic acids is 1. The number of benzene rings is 1. The Bertz CT molecular complexity index is 794. The number of hydrogen-bond acceptors (Lipinski definition) is 6. The Labute approximate surface area is 124 Å². The highest BCUT2D eigenvalue weighted by Gasteiger charge is 2.16. The van der Waals surface area contributed by atoms with E-state index in [1.54, 1.807) is 6.07 Å². The molecule has 0 bridgehead atoms. The van der Waals surface area contributed by atoms with Crippen LogP contribution in [-0.2, 0) is 10.5 Å². The van der Waals surface area contributed by atoms with Crippen molar-refractivity contribution in [2.45, 2.75) is 10.9 Å². The average Bonchev–Trinajstić information content (AvgIpc) is 3.09. The first-order valence-electron chi connectivity index (χ1n) is 6.20. The number of thioether (sulfide) groups is 1. The van der Waals surface area contributed by atoms with Crippen LogP contribution in [0.5, 0.6) is 0 Å². The molecule has 2 aromatic heterocycles. The summed E-state index contributed by atoms with van der Waals surface area (Å²) >= 11 is 1.48. The van der Waals surface area contributed by atoms with Crippen LogP contribution in [0.4, 0.5) is 5.69 Å². The smallest absolute Gasteiger partial charge is 0.374 e. The van der Waals surface area contributed by atoms with Crippen molar-refractivity contribution in [2.24, 2.45) is 0 Å². The average molecular weight is 303 g/mol. The predicted molar refractivity (Wildman–Crippen MR) is 80.1 cm³/mol. The SMILES string of the molecule is COC(=O)c1occc1CSc1nc2ccc(N)cc2[nH]1. The second-order valence-electron chi connectivity index (χ2n) is 4.37. The van der Waals surface area contributed by atoms with Crippen LogP contribution in [0, 0.1) is 0 Å². The third kappa shape index (κ3) is 2.73. The Morgan fingerprint density at radius 2 is 2.33 bits per heavy atom. The van der Waals surface area contributed by atoms with E-state index in [4.69, 9.17) is 10.2 Å². The Balaban J connectivity index is 1.77. The first-order valence-corrected chi connectivity index (χ1v) is 7.18. The molecule has 3 N–H and O–H groups in total. The number of hydrogen-bond donors (Lipinski definition) is 2. The molecule has 0 aliphatic heterocycles. The molecule has 7 heteroatoms. The lowest BCUT2D eigenvalue weighted by molar-refractivity contribution is 0.0564. The maximum atomic E-state index is 11.5. The third-order valence-corrected chi connectivity index (χ3v) is 3.89. The zero-order valence-corrected chi connectivity index (χ0v) is 12.1. The molecule has 0 saturated heterocycles. The summed E-state index contributed by atoms with van der Waals surface area (Å²) in [6, 6.07) is 7.26. The van der Waals surface area contributed by atoms with Crippen LogP contribution < -0.4 is 5.73 Å². The van der Waals surface area contributed by atoms with Crippen molar-refractivity contribution < 1.29 is 13.9 Å². The highest BCUT2D eigenvalue weighted by Crippen LogP contribution is 2.26. The van der Waals surface area contributed by atoms with Crippen LogP contribution in [0.3, 0.4) is 0 Å². The van der Waals surface area contributed by atoms with Crippen LogP contribution in [0.25, 0.3) is 11.0 Å². The molecule has 6 nitrogen and oxygen atoms in total. The van der Waals surface area contributed by atoms with Gasteiger partial charge in [0.05, 0.1) is 24.4 Å². The molecule has 0 radical (unpaired) electrons. The number of methoxy groups -OCH3 is 1. The molecule has 0 unspecified atom stereocenters. The minimum absolute atomic E-state index is 0.227. The van der Waals surface area contributed by atoms with E-state index in [1.807, 2.05) is 18.2 Å². The van der Waals surface area contributed by atoms with E-state index in [0.717, 1.165) is 21.8 Å². The van der Waals surface area contributed by atoms with E-state index in [2.05, 4.69) is 14.7 Å². The number of furan rings is 1. The second-order valence-corrected chi connectivity index (χ2v) is 5.34. The largest absolute Gasteiger partial charge is 0.463 e. The molecule has 108 valence electrons. The number of fused-ring (bicyclic) bond motifs is 1. The van der Waals surface area contributed by atoms with Crippen LogP contribution in [0.1, 0.15) is 16.1 Å². The molecular weight excluding hydrogens is 290 g/mol. The molecule has 21 heavy (non-hydrogen) atoms. The molecule has 0 fully saturated rings. The summed E-state index contributed by atoms with van der Waals surface area (Å²) in [5.74, 6) is 0.300. The molecule has 0 amide bonds. The number of ether oxygens (including phenoxy) is 1. The number of imidazole rings is 1. The summed E-state index contributed by atoms with van der Waals surface area (Å²) in [4.78, 5) is 19.2. The third-order valence-electron chi connectivity index (χ3n) is 2.97. The van der Waals surface area contributed by atoms with Crippen LogP contribution in [-0.4, -0.2) is 23.0 Å². The van der Waals surface area contributed by atoms with Gasteiger partial charge in [0, 0.05) is 17.0 Å². The zero-order chi connectivity index (χ0) is 14.8. The van der Waals surface area contributed by atoms with E-state index < -0.39 is 5.97 Å². The van der Waals surface area contributed by atoms with Gasteiger partial charge in [-0.05, 0) is 24.3 Å². The molecule has 0 aliphatic rings. The normalized spacial score (nSPS) is 10.9. The number of nitrogens with zero attached hydrogens (tertiary/aromatic N) is 1. The zero-order valence-electron chi connectivity index (χ0n) is 11.3. The fourth-order valence-corrected chi connectivity index (χ4v) is 2.80. The highest BCUT2D eigenvalue weighted by atomic mass is 32.2.